The van der Waals surface area contributed by atoms with Crippen molar-refractivity contribution in [3.05, 3.63) is 41.9 Å². The molecule has 5 heteroatoms. The number of carbonyl (C=O) groups excluding carboxylic acids is 1. The van der Waals surface area contributed by atoms with Crippen LogP contribution in [0.5, 0.6) is 0 Å². The lowest BCUT2D eigenvalue weighted by Gasteiger charge is -2.22. The summed E-state index contributed by atoms with van der Waals surface area (Å²) in [4.78, 5) is 18.9. The Kier molecular flexibility index (Phi) is 3.22. The van der Waals surface area contributed by atoms with E-state index < -0.39 is 0 Å². The quantitative estimate of drug-likeness (QED) is 0.942. The van der Waals surface area contributed by atoms with E-state index in [1.54, 1.807) is 6.20 Å². The first-order valence-electron chi connectivity index (χ1n) is 7.76. The molecule has 3 atom stereocenters. The van der Waals surface area contributed by atoms with Crippen LogP contribution in [0.3, 0.4) is 0 Å². The van der Waals surface area contributed by atoms with E-state index in [1.165, 1.54) is 6.42 Å². The van der Waals surface area contributed by atoms with E-state index in [0.717, 1.165) is 30.8 Å². The van der Waals surface area contributed by atoms with Gasteiger partial charge in [-0.05, 0) is 31.4 Å². The molecule has 0 radical (unpaired) electrons. The highest BCUT2D eigenvalue weighted by atomic mass is 16.4. The molecule has 2 saturated heterocycles. The van der Waals surface area contributed by atoms with Gasteiger partial charge in [-0.25, -0.2) is 4.98 Å². The molecule has 1 aromatic carbocycles. The van der Waals surface area contributed by atoms with E-state index in [1.807, 2.05) is 31.2 Å². The highest BCUT2D eigenvalue weighted by Gasteiger charge is 2.39. The average molecular weight is 297 g/mol. The third-order valence-electron chi connectivity index (χ3n) is 4.76. The standard InChI is InChI=1S/C17H19N3O2/c1-11-4-2-3-5-13(11)15-8-18-17(22-15)16(21)19-14-10-20-7-6-12(14)9-20/h2-5,8,12,14H,6-7,9-10H2,1H3,(H,19,21)/t12-,14?/m0/s1. The predicted octanol–water partition coefficient (Wildman–Crippen LogP) is 2.08. The lowest BCUT2D eigenvalue weighted by molar-refractivity contribution is 0.0890. The Morgan fingerprint density at radius 2 is 2.23 bits per heavy atom. The number of piperidine rings is 1. The number of hydrogen-bond acceptors (Lipinski definition) is 4. The molecular formula is C17H19N3O2. The maximum Gasteiger partial charge on any atom is 0.307 e. The molecule has 114 valence electrons. The lowest BCUT2D eigenvalue weighted by Crippen LogP contribution is -2.43. The van der Waals surface area contributed by atoms with Crippen molar-refractivity contribution in [3.8, 4) is 11.3 Å². The number of oxazole rings is 1. The van der Waals surface area contributed by atoms with Crippen LogP contribution in [0.1, 0.15) is 22.7 Å². The van der Waals surface area contributed by atoms with Crippen LogP contribution < -0.4 is 5.32 Å². The molecule has 2 aliphatic heterocycles. The molecule has 2 bridgehead atoms. The minimum Gasteiger partial charge on any atom is -0.432 e. The van der Waals surface area contributed by atoms with Gasteiger partial charge in [-0.2, -0.15) is 0 Å². The number of amides is 1. The van der Waals surface area contributed by atoms with Crippen molar-refractivity contribution in [3.63, 3.8) is 0 Å². The largest absolute Gasteiger partial charge is 0.432 e. The Bertz CT molecular complexity index is 709. The van der Waals surface area contributed by atoms with Gasteiger partial charge in [0.1, 0.15) is 0 Å². The molecular weight excluding hydrogens is 278 g/mol. The average Bonchev–Trinajstić information content (AvgIpc) is 3.24. The Labute approximate surface area is 129 Å². The Morgan fingerprint density at radius 3 is 2.95 bits per heavy atom. The van der Waals surface area contributed by atoms with Crippen LogP contribution >= 0.6 is 0 Å². The van der Waals surface area contributed by atoms with Gasteiger partial charge in [0.15, 0.2) is 5.76 Å². The zero-order valence-electron chi connectivity index (χ0n) is 12.6. The molecule has 22 heavy (non-hydrogen) atoms. The summed E-state index contributed by atoms with van der Waals surface area (Å²) in [6.45, 7) is 5.22. The Balaban J connectivity index is 1.49. The summed E-state index contributed by atoms with van der Waals surface area (Å²) in [6, 6.07) is 8.15. The van der Waals surface area contributed by atoms with Crippen LogP contribution in [0.4, 0.5) is 0 Å². The van der Waals surface area contributed by atoms with Crippen molar-refractivity contribution in [2.24, 2.45) is 5.92 Å². The molecule has 1 N–H and O–H groups in total. The second-order valence-corrected chi connectivity index (χ2v) is 6.23. The molecule has 2 unspecified atom stereocenters. The number of aryl methyl sites for hydroxylation is 1. The molecule has 0 saturated carbocycles. The van der Waals surface area contributed by atoms with E-state index in [-0.39, 0.29) is 17.8 Å². The maximum absolute atomic E-state index is 12.3. The van der Waals surface area contributed by atoms with Gasteiger partial charge >= 0.3 is 5.91 Å². The van der Waals surface area contributed by atoms with Gasteiger partial charge in [-0.1, -0.05) is 24.3 Å². The van der Waals surface area contributed by atoms with Gasteiger partial charge in [-0.15, -0.1) is 0 Å². The van der Waals surface area contributed by atoms with Crippen LogP contribution in [0.25, 0.3) is 11.3 Å². The molecule has 5 nitrogen and oxygen atoms in total. The molecule has 3 heterocycles. The molecule has 4 rings (SSSR count). The molecule has 1 aromatic heterocycles. The summed E-state index contributed by atoms with van der Waals surface area (Å²) in [5.41, 5.74) is 2.08. The van der Waals surface area contributed by atoms with Gasteiger partial charge in [0.25, 0.3) is 5.89 Å². The summed E-state index contributed by atoms with van der Waals surface area (Å²) in [7, 11) is 0. The second kappa shape index (κ2) is 5.25. The Hall–Kier alpha value is -2.14. The number of benzene rings is 1. The summed E-state index contributed by atoms with van der Waals surface area (Å²) in [5, 5.41) is 3.07. The zero-order valence-corrected chi connectivity index (χ0v) is 12.6. The van der Waals surface area contributed by atoms with Gasteiger partial charge < -0.3 is 14.6 Å². The van der Waals surface area contributed by atoms with E-state index >= 15 is 0 Å². The fraction of sp³-hybridized carbons (Fsp3) is 0.412. The smallest absolute Gasteiger partial charge is 0.307 e. The number of fused-ring (bicyclic) bond motifs is 2. The van der Waals surface area contributed by atoms with Crippen LogP contribution in [0.2, 0.25) is 0 Å². The van der Waals surface area contributed by atoms with E-state index in [9.17, 15) is 4.79 Å². The number of nitrogens with one attached hydrogen (secondary N) is 1. The molecule has 1 amide bonds. The van der Waals surface area contributed by atoms with Crippen molar-refractivity contribution in [2.75, 3.05) is 19.6 Å². The summed E-state index contributed by atoms with van der Waals surface area (Å²) >= 11 is 0. The lowest BCUT2D eigenvalue weighted by atomic mass is 10.0. The summed E-state index contributed by atoms with van der Waals surface area (Å²) in [5.74, 6) is 1.16. The van der Waals surface area contributed by atoms with Crippen LogP contribution in [-0.2, 0) is 0 Å². The first-order valence-corrected chi connectivity index (χ1v) is 7.76. The van der Waals surface area contributed by atoms with Crippen molar-refractivity contribution in [2.45, 2.75) is 19.4 Å². The minimum absolute atomic E-state index is 0.149. The SMILES string of the molecule is Cc1ccccc1-c1cnc(C(=O)NC2CN3CC[C@H]2C3)o1. The molecule has 2 aromatic rings. The second-order valence-electron chi connectivity index (χ2n) is 6.23. The van der Waals surface area contributed by atoms with Gasteiger partial charge in [0.2, 0.25) is 0 Å². The molecule has 2 aliphatic rings. The van der Waals surface area contributed by atoms with Gasteiger partial charge in [0.05, 0.1) is 6.20 Å². The fourth-order valence-electron chi connectivity index (χ4n) is 3.53. The number of nitrogens with zero attached hydrogens (tertiary/aromatic N) is 2. The molecule has 2 fully saturated rings. The van der Waals surface area contributed by atoms with Crippen molar-refractivity contribution in [1.82, 2.24) is 15.2 Å². The third-order valence-corrected chi connectivity index (χ3v) is 4.76. The van der Waals surface area contributed by atoms with Crippen LogP contribution in [-0.4, -0.2) is 41.5 Å². The summed E-state index contributed by atoms with van der Waals surface area (Å²) in [6.07, 6.45) is 2.80. The first-order chi connectivity index (χ1) is 10.7. The number of hydrogen-bond donors (Lipinski definition) is 1. The van der Waals surface area contributed by atoms with Crippen molar-refractivity contribution < 1.29 is 9.21 Å². The topological polar surface area (TPSA) is 58.4 Å². The summed E-state index contributed by atoms with van der Waals surface area (Å²) < 4.78 is 5.67. The minimum atomic E-state index is -0.210. The van der Waals surface area contributed by atoms with Crippen molar-refractivity contribution >= 4 is 5.91 Å². The highest BCUT2D eigenvalue weighted by Crippen LogP contribution is 2.28. The van der Waals surface area contributed by atoms with Crippen molar-refractivity contribution in [1.29, 1.82) is 0 Å². The normalized spacial score (nSPS) is 26.3. The van der Waals surface area contributed by atoms with Crippen LogP contribution in [0, 0.1) is 12.8 Å². The molecule has 0 spiro atoms. The Morgan fingerprint density at radius 1 is 1.36 bits per heavy atom. The number of carbonyl (C=O) groups is 1. The van der Waals surface area contributed by atoms with Gasteiger partial charge in [0, 0.05) is 24.7 Å². The zero-order chi connectivity index (χ0) is 15.1. The maximum atomic E-state index is 12.3. The first kappa shape index (κ1) is 13.5. The van der Waals surface area contributed by atoms with E-state index in [4.69, 9.17) is 4.42 Å². The number of aromatic nitrogens is 1. The predicted molar refractivity (Wildman–Crippen MR) is 82.5 cm³/mol. The third kappa shape index (κ3) is 2.31. The fourth-order valence-corrected chi connectivity index (χ4v) is 3.53. The van der Waals surface area contributed by atoms with Crippen LogP contribution in [0.15, 0.2) is 34.9 Å². The van der Waals surface area contributed by atoms with Gasteiger partial charge in [-0.3, -0.25) is 4.79 Å². The van der Waals surface area contributed by atoms with E-state index in [0.29, 0.717) is 11.7 Å². The number of rotatable bonds is 3. The molecule has 0 aliphatic carbocycles. The monoisotopic (exact) mass is 297 g/mol. The highest BCUT2D eigenvalue weighted by molar-refractivity contribution is 5.90. The van der Waals surface area contributed by atoms with E-state index in [2.05, 4.69) is 15.2 Å².